The van der Waals surface area contributed by atoms with Gasteiger partial charge >= 0.3 is 6.03 Å². The van der Waals surface area contributed by atoms with Gasteiger partial charge in [0.15, 0.2) is 0 Å². The molecule has 4 fully saturated rings. The van der Waals surface area contributed by atoms with Crippen molar-refractivity contribution in [3.63, 3.8) is 0 Å². The first-order valence-corrected chi connectivity index (χ1v) is 10.9. The summed E-state index contributed by atoms with van der Waals surface area (Å²) in [6.07, 6.45) is 11.2. The third kappa shape index (κ3) is 4.97. The van der Waals surface area contributed by atoms with E-state index in [0.29, 0.717) is 0 Å². The summed E-state index contributed by atoms with van der Waals surface area (Å²) in [7, 11) is 0. The minimum absolute atomic E-state index is 0.0631. The summed E-state index contributed by atoms with van der Waals surface area (Å²) in [5, 5.41) is 6.44. The second-order valence-corrected chi connectivity index (χ2v) is 9.02. The molecule has 4 aliphatic rings. The Kier molecular flexibility index (Phi) is 6.46. The van der Waals surface area contributed by atoms with Crippen molar-refractivity contribution in [3.8, 4) is 0 Å². The first kappa shape index (κ1) is 17.8. The minimum Gasteiger partial charge on any atom is -0.381 e. The highest BCUT2D eigenvalue weighted by Gasteiger charge is 2.51. The van der Waals surface area contributed by atoms with Crippen molar-refractivity contribution in [2.24, 2.45) is 17.8 Å². The van der Waals surface area contributed by atoms with Crippen molar-refractivity contribution in [2.75, 3.05) is 24.2 Å². The molecular formula is C18H31IN2O2. The van der Waals surface area contributed by atoms with Crippen LogP contribution in [0.1, 0.15) is 57.8 Å². The SMILES string of the molecule is O=C(NCCCCCOCCI)NC12CC3CC(CC(C3)C1)C2. The molecule has 0 saturated heterocycles. The number of hydrogen-bond donors (Lipinski definition) is 2. The number of carbonyl (C=O) groups is 1. The van der Waals surface area contributed by atoms with E-state index in [9.17, 15) is 4.79 Å². The highest BCUT2D eigenvalue weighted by molar-refractivity contribution is 14.1. The van der Waals surface area contributed by atoms with Gasteiger partial charge in [-0.1, -0.05) is 22.6 Å². The largest absolute Gasteiger partial charge is 0.381 e. The molecule has 2 amide bonds. The zero-order chi connectivity index (χ0) is 16.1. The highest BCUT2D eigenvalue weighted by Crippen LogP contribution is 2.55. The quantitative estimate of drug-likeness (QED) is 0.329. The summed E-state index contributed by atoms with van der Waals surface area (Å²) < 4.78 is 6.52. The fourth-order valence-corrected chi connectivity index (χ4v) is 5.72. The second-order valence-electron chi connectivity index (χ2n) is 7.94. The van der Waals surface area contributed by atoms with Gasteiger partial charge in [0.2, 0.25) is 0 Å². The first-order valence-electron chi connectivity index (χ1n) is 9.39. The number of unbranched alkanes of at least 4 members (excludes halogenated alkanes) is 2. The van der Waals surface area contributed by atoms with E-state index >= 15 is 0 Å². The number of rotatable bonds is 9. The van der Waals surface area contributed by atoms with Gasteiger partial charge in [0.05, 0.1) is 6.61 Å². The summed E-state index contributed by atoms with van der Waals surface area (Å²) in [4.78, 5) is 12.3. The van der Waals surface area contributed by atoms with Gasteiger partial charge in [0, 0.05) is 23.1 Å². The van der Waals surface area contributed by atoms with Crippen molar-refractivity contribution in [3.05, 3.63) is 0 Å². The van der Waals surface area contributed by atoms with E-state index in [1.807, 2.05) is 0 Å². The molecule has 4 nitrogen and oxygen atoms in total. The highest BCUT2D eigenvalue weighted by atomic mass is 127. The lowest BCUT2D eigenvalue weighted by Gasteiger charge is -2.56. The van der Waals surface area contributed by atoms with Gasteiger partial charge in [0.1, 0.15) is 0 Å². The molecule has 4 rings (SSSR count). The molecule has 23 heavy (non-hydrogen) atoms. The summed E-state index contributed by atoms with van der Waals surface area (Å²) in [5.74, 6) is 2.64. The molecule has 0 spiro atoms. The van der Waals surface area contributed by atoms with Crippen LogP contribution in [0.15, 0.2) is 0 Å². The van der Waals surface area contributed by atoms with Gasteiger partial charge in [-0.15, -0.1) is 0 Å². The van der Waals surface area contributed by atoms with Crippen LogP contribution in [0.3, 0.4) is 0 Å². The van der Waals surface area contributed by atoms with Crippen LogP contribution in [-0.2, 0) is 4.74 Å². The van der Waals surface area contributed by atoms with E-state index < -0.39 is 0 Å². The van der Waals surface area contributed by atoms with E-state index in [1.54, 1.807) is 0 Å². The Morgan fingerprint density at radius 2 is 1.65 bits per heavy atom. The summed E-state index contributed by atoms with van der Waals surface area (Å²) in [5.41, 5.74) is 0.131. The molecule has 4 aliphatic carbocycles. The molecule has 0 heterocycles. The van der Waals surface area contributed by atoms with Crippen LogP contribution in [0, 0.1) is 17.8 Å². The maximum atomic E-state index is 12.3. The van der Waals surface area contributed by atoms with Crippen molar-refractivity contribution < 1.29 is 9.53 Å². The molecule has 0 atom stereocenters. The molecule has 2 N–H and O–H groups in total. The van der Waals surface area contributed by atoms with Gasteiger partial charge in [-0.2, -0.15) is 0 Å². The molecule has 0 radical (unpaired) electrons. The zero-order valence-electron chi connectivity index (χ0n) is 14.1. The molecule has 0 unspecified atom stereocenters. The first-order chi connectivity index (χ1) is 11.2. The van der Waals surface area contributed by atoms with Crippen molar-refractivity contribution in [1.82, 2.24) is 10.6 Å². The van der Waals surface area contributed by atoms with Gasteiger partial charge < -0.3 is 15.4 Å². The number of amides is 2. The molecule has 5 heteroatoms. The fourth-order valence-electron chi connectivity index (χ4n) is 5.41. The number of alkyl halides is 1. The second kappa shape index (κ2) is 8.37. The van der Waals surface area contributed by atoms with Crippen LogP contribution >= 0.6 is 22.6 Å². The summed E-state index contributed by atoms with van der Waals surface area (Å²) in [6.45, 7) is 2.49. The average molecular weight is 434 g/mol. The van der Waals surface area contributed by atoms with E-state index in [-0.39, 0.29) is 11.6 Å². The van der Waals surface area contributed by atoms with E-state index in [2.05, 4.69) is 33.2 Å². The van der Waals surface area contributed by atoms with Gasteiger partial charge in [-0.25, -0.2) is 4.79 Å². The molecule has 0 aromatic carbocycles. The zero-order valence-corrected chi connectivity index (χ0v) is 16.3. The lowest BCUT2D eigenvalue weighted by molar-refractivity contribution is -0.0135. The summed E-state index contributed by atoms with van der Waals surface area (Å²) >= 11 is 2.33. The lowest BCUT2D eigenvalue weighted by Crippen LogP contribution is -2.61. The van der Waals surface area contributed by atoms with Gasteiger partial charge in [-0.3, -0.25) is 0 Å². The smallest absolute Gasteiger partial charge is 0.315 e. The Labute approximate surface area is 154 Å². The molecule has 132 valence electrons. The predicted molar refractivity (Wildman–Crippen MR) is 101 cm³/mol. The van der Waals surface area contributed by atoms with Crippen LogP contribution in [0.2, 0.25) is 0 Å². The number of ether oxygens (including phenoxy) is 1. The number of urea groups is 1. The van der Waals surface area contributed by atoms with Crippen LogP contribution < -0.4 is 10.6 Å². The van der Waals surface area contributed by atoms with Gasteiger partial charge in [-0.05, 0) is 75.5 Å². The lowest BCUT2D eigenvalue weighted by atomic mass is 9.53. The monoisotopic (exact) mass is 434 g/mol. The third-order valence-electron chi connectivity index (χ3n) is 5.89. The average Bonchev–Trinajstić information content (AvgIpc) is 2.48. The Hall–Kier alpha value is -0.0400. The maximum absolute atomic E-state index is 12.3. The fraction of sp³-hybridized carbons (Fsp3) is 0.944. The van der Waals surface area contributed by atoms with E-state index in [1.165, 1.54) is 38.5 Å². The van der Waals surface area contributed by atoms with E-state index in [0.717, 1.165) is 61.2 Å². The molecule has 4 saturated carbocycles. The van der Waals surface area contributed by atoms with Crippen LogP contribution in [0.25, 0.3) is 0 Å². The molecule has 0 aliphatic heterocycles. The maximum Gasteiger partial charge on any atom is 0.315 e. The standard InChI is InChI=1S/C18H31IN2O2/c19-4-7-23-6-3-1-2-5-20-17(22)21-18-11-14-8-15(12-18)10-16(9-14)13-18/h14-16H,1-13H2,(H2,20,21,22). The number of nitrogens with one attached hydrogen (secondary N) is 2. The van der Waals surface area contributed by atoms with Crippen molar-refractivity contribution in [1.29, 1.82) is 0 Å². The van der Waals surface area contributed by atoms with E-state index in [4.69, 9.17) is 4.74 Å². The summed E-state index contributed by atoms with van der Waals surface area (Å²) in [6, 6.07) is 0.0631. The number of halogens is 1. The van der Waals surface area contributed by atoms with Crippen molar-refractivity contribution >= 4 is 28.6 Å². The Morgan fingerprint density at radius 3 is 2.26 bits per heavy atom. The van der Waals surface area contributed by atoms with Crippen LogP contribution in [0.4, 0.5) is 4.79 Å². The molecule has 0 aromatic rings. The number of carbonyl (C=O) groups excluding carboxylic acids is 1. The third-order valence-corrected chi connectivity index (χ3v) is 6.33. The van der Waals surface area contributed by atoms with Crippen LogP contribution in [-0.4, -0.2) is 35.8 Å². The number of hydrogen-bond acceptors (Lipinski definition) is 2. The topological polar surface area (TPSA) is 50.4 Å². The molecule has 4 bridgehead atoms. The Morgan fingerprint density at radius 1 is 1.00 bits per heavy atom. The predicted octanol–water partition coefficient (Wildman–Crippen LogP) is 3.88. The van der Waals surface area contributed by atoms with Gasteiger partial charge in [0.25, 0.3) is 0 Å². The normalized spacial score (nSPS) is 34.6. The Bertz CT molecular complexity index is 367. The van der Waals surface area contributed by atoms with Crippen LogP contribution in [0.5, 0.6) is 0 Å². The van der Waals surface area contributed by atoms with Crippen molar-refractivity contribution in [2.45, 2.75) is 63.3 Å². The molecule has 0 aromatic heterocycles. The Balaban J connectivity index is 1.29. The minimum atomic E-state index is 0.0631. The molecular weight excluding hydrogens is 403 g/mol.